The van der Waals surface area contributed by atoms with Gasteiger partial charge in [0, 0.05) is 39.0 Å². The molecule has 0 radical (unpaired) electrons. The first-order valence-corrected chi connectivity index (χ1v) is 12.7. The van der Waals surface area contributed by atoms with Gasteiger partial charge >= 0.3 is 0 Å². The number of aromatic nitrogens is 1. The molecule has 2 aromatic heterocycles. The number of thiophene rings is 1. The molecular formula is C18H17Cl2N3O3S3. The lowest BCUT2D eigenvalue weighted by atomic mass is 10.1. The van der Waals surface area contributed by atoms with E-state index in [0.717, 1.165) is 21.6 Å². The van der Waals surface area contributed by atoms with E-state index in [9.17, 15) is 13.2 Å². The Kier molecular flexibility index (Phi) is 7.31. The van der Waals surface area contributed by atoms with Crippen LogP contribution in [-0.4, -0.2) is 32.1 Å². The van der Waals surface area contributed by atoms with Gasteiger partial charge in [-0.1, -0.05) is 23.2 Å². The lowest BCUT2D eigenvalue weighted by molar-refractivity contribution is 0.103. The summed E-state index contributed by atoms with van der Waals surface area (Å²) >= 11 is 14.9. The Morgan fingerprint density at radius 1 is 1.14 bits per heavy atom. The van der Waals surface area contributed by atoms with Crippen molar-refractivity contribution in [3.63, 3.8) is 0 Å². The Balaban J connectivity index is 1.58. The number of sulfonamides is 1. The molecule has 11 heteroatoms. The van der Waals surface area contributed by atoms with Gasteiger partial charge in [-0.25, -0.2) is 18.1 Å². The molecule has 0 atom stereocenters. The van der Waals surface area contributed by atoms with Crippen molar-refractivity contribution < 1.29 is 13.2 Å². The molecule has 3 aromatic rings. The topological polar surface area (TPSA) is 88.2 Å². The van der Waals surface area contributed by atoms with Crippen LogP contribution in [0.4, 0.5) is 5.13 Å². The molecule has 6 nitrogen and oxygen atoms in total. The summed E-state index contributed by atoms with van der Waals surface area (Å²) in [4.78, 5) is 19.1. The van der Waals surface area contributed by atoms with Gasteiger partial charge in [0.05, 0.1) is 11.1 Å². The monoisotopic (exact) mass is 489 g/mol. The van der Waals surface area contributed by atoms with Gasteiger partial charge in [-0.2, -0.15) is 0 Å². The van der Waals surface area contributed by atoms with Crippen LogP contribution in [0.25, 0.3) is 0 Å². The van der Waals surface area contributed by atoms with E-state index in [1.54, 1.807) is 24.4 Å². The minimum absolute atomic E-state index is 0.251. The van der Waals surface area contributed by atoms with Gasteiger partial charge in [0.1, 0.15) is 0 Å². The average Bonchev–Trinajstić information content (AvgIpc) is 3.27. The number of hydrogen-bond donors (Lipinski definition) is 2. The molecule has 0 aliphatic carbocycles. The highest BCUT2D eigenvalue weighted by atomic mass is 35.5. The fourth-order valence-corrected chi connectivity index (χ4v) is 5.05. The van der Waals surface area contributed by atoms with Crippen LogP contribution in [0.15, 0.2) is 36.5 Å². The zero-order valence-electron chi connectivity index (χ0n) is 15.2. The molecule has 3 rings (SSSR count). The first-order chi connectivity index (χ1) is 13.7. The van der Waals surface area contributed by atoms with Crippen molar-refractivity contribution in [3.05, 3.63) is 66.8 Å². The van der Waals surface area contributed by atoms with Crippen LogP contribution in [0.2, 0.25) is 10.0 Å². The van der Waals surface area contributed by atoms with Crippen molar-refractivity contribution in [2.24, 2.45) is 0 Å². The SMILES string of the molecule is CS(=O)(=O)NCCc1ccc(C(=O)Nc2ncc(Cc3cc(Cl)ccc3Cl)s2)s1. The zero-order valence-corrected chi connectivity index (χ0v) is 19.2. The van der Waals surface area contributed by atoms with Crippen molar-refractivity contribution in [1.82, 2.24) is 9.71 Å². The van der Waals surface area contributed by atoms with Crippen LogP contribution in [0.5, 0.6) is 0 Å². The Morgan fingerprint density at radius 3 is 2.69 bits per heavy atom. The van der Waals surface area contributed by atoms with Crippen LogP contribution in [0.3, 0.4) is 0 Å². The number of nitrogens with zero attached hydrogens (tertiary/aromatic N) is 1. The normalized spacial score (nSPS) is 11.6. The molecule has 0 bridgehead atoms. The second-order valence-electron chi connectivity index (χ2n) is 6.18. The van der Waals surface area contributed by atoms with E-state index in [2.05, 4.69) is 15.0 Å². The standard InChI is InChI=1S/C18H17Cl2N3O3S3/c1-29(25,26)22-7-6-13-3-5-16(27-13)17(24)23-18-21-10-14(28-18)9-11-8-12(19)2-4-15(11)20/h2-5,8,10,22H,6-7,9H2,1H3,(H,21,23,24). The number of rotatable bonds is 8. The third kappa shape index (κ3) is 6.77. The molecule has 0 saturated carbocycles. The summed E-state index contributed by atoms with van der Waals surface area (Å²) in [5.41, 5.74) is 0.895. The molecule has 0 aliphatic rings. The van der Waals surface area contributed by atoms with Crippen molar-refractivity contribution in [1.29, 1.82) is 0 Å². The first-order valence-electron chi connectivity index (χ1n) is 8.43. The number of halogens is 2. The van der Waals surface area contributed by atoms with Crippen LogP contribution in [0.1, 0.15) is 25.0 Å². The summed E-state index contributed by atoms with van der Waals surface area (Å²) in [6.07, 6.45) is 3.91. The summed E-state index contributed by atoms with van der Waals surface area (Å²) in [5, 5.41) is 4.53. The second kappa shape index (κ2) is 9.55. The predicted octanol–water partition coefficient (Wildman–Crippen LogP) is 4.45. The average molecular weight is 490 g/mol. The summed E-state index contributed by atoms with van der Waals surface area (Å²) in [6, 6.07) is 8.84. The Bertz CT molecular complexity index is 1130. The van der Waals surface area contributed by atoms with Crippen molar-refractivity contribution in [2.75, 3.05) is 18.1 Å². The third-order valence-electron chi connectivity index (χ3n) is 3.77. The number of carbonyl (C=O) groups excluding carboxylic acids is 1. The summed E-state index contributed by atoms with van der Waals surface area (Å²) in [5.74, 6) is -0.251. The highest BCUT2D eigenvalue weighted by Gasteiger charge is 2.13. The number of benzene rings is 1. The number of hydrogen-bond acceptors (Lipinski definition) is 6. The molecule has 2 N–H and O–H groups in total. The Labute approximate surface area is 186 Å². The van der Waals surface area contributed by atoms with Gasteiger partial charge in [-0.3, -0.25) is 10.1 Å². The molecule has 0 unspecified atom stereocenters. The highest BCUT2D eigenvalue weighted by molar-refractivity contribution is 7.88. The fraction of sp³-hybridized carbons (Fsp3) is 0.222. The summed E-state index contributed by atoms with van der Waals surface area (Å²) < 4.78 is 24.6. The van der Waals surface area contributed by atoms with Crippen molar-refractivity contribution in [3.8, 4) is 0 Å². The van der Waals surface area contributed by atoms with E-state index in [1.807, 2.05) is 12.1 Å². The minimum atomic E-state index is -3.22. The van der Waals surface area contributed by atoms with Crippen molar-refractivity contribution in [2.45, 2.75) is 12.8 Å². The van der Waals surface area contributed by atoms with Gasteiger partial charge in [-0.15, -0.1) is 22.7 Å². The predicted molar refractivity (Wildman–Crippen MR) is 120 cm³/mol. The maximum atomic E-state index is 12.4. The third-order valence-corrected chi connectivity index (χ3v) is 7.16. The second-order valence-corrected chi connectivity index (χ2v) is 11.1. The number of anilines is 1. The molecule has 0 aliphatic heterocycles. The van der Waals surface area contributed by atoms with Gasteiger partial charge < -0.3 is 0 Å². The van der Waals surface area contributed by atoms with Crippen LogP contribution >= 0.6 is 45.9 Å². The highest BCUT2D eigenvalue weighted by Crippen LogP contribution is 2.27. The molecule has 0 spiro atoms. The number of nitrogens with one attached hydrogen (secondary N) is 2. The number of carbonyl (C=O) groups is 1. The van der Waals surface area contributed by atoms with Gasteiger partial charge in [0.25, 0.3) is 5.91 Å². The summed E-state index contributed by atoms with van der Waals surface area (Å²) in [7, 11) is -3.22. The zero-order chi connectivity index (χ0) is 21.0. The van der Waals surface area contributed by atoms with E-state index >= 15 is 0 Å². The number of thiazole rings is 1. The number of amides is 1. The van der Waals surface area contributed by atoms with E-state index in [4.69, 9.17) is 23.2 Å². The minimum Gasteiger partial charge on any atom is -0.297 e. The smallest absolute Gasteiger partial charge is 0.267 e. The molecule has 2 heterocycles. The molecule has 29 heavy (non-hydrogen) atoms. The van der Waals surface area contributed by atoms with Crippen LogP contribution in [0, 0.1) is 0 Å². The quantitative estimate of drug-likeness (QED) is 0.489. The largest absolute Gasteiger partial charge is 0.297 e. The molecule has 0 saturated heterocycles. The summed E-state index contributed by atoms with van der Waals surface area (Å²) in [6.45, 7) is 0.294. The van der Waals surface area contributed by atoms with E-state index in [-0.39, 0.29) is 5.91 Å². The van der Waals surface area contributed by atoms with Gasteiger partial charge in [0.15, 0.2) is 5.13 Å². The van der Waals surface area contributed by atoms with E-state index in [1.165, 1.54) is 22.7 Å². The van der Waals surface area contributed by atoms with Gasteiger partial charge in [0.2, 0.25) is 10.0 Å². The van der Waals surface area contributed by atoms with Crippen LogP contribution < -0.4 is 10.0 Å². The Hall–Kier alpha value is -1.49. The van der Waals surface area contributed by atoms with E-state index in [0.29, 0.717) is 39.4 Å². The maximum Gasteiger partial charge on any atom is 0.267 e. The van der Waals surface area contributed by atoms with Gasteiger partial charge in [-0.05, 0) is 42.3 Å². The Morgan fingerprint density at radius 2 is 1.93 bits per heavy atom. The molecule has 1 amide bonds. The molecule has 154 valence electrons. The lowest BCUT2D eigenvalue weighted by Crippen LogP contribution is -2.24. The van der Waals surface area contributed by atoms with E-state index < -0.39 is 10.0 Å². The molecule has 0 fully saturated rings. The lowest BCUT2D eigenvalue weighted by Gasteiger charge is -2.02. The fourth-order valence-electron chi connectivity index (χ4n) is 2.47. The van der Waals surface area contributed by atoms with Crippen LogP contribution in [-0.2, 0) is 22.9 Å². The molecule has 1 aromatic carbocycles. The first kappa shape index (κ1) is 22.2. The van der Waals surface area contributed by atoms with Crippen molar-refractivity contribution >= 4 is 66.9 Å². The maximum absolute atomic E-state index is 12.4. The molecular weight excluding hydrogens is 473 g/mol.